The lowest BCUT2D eigenvalue weighted by molar-refractivity contribution is 0.0691. The lowest BCUT2D eigenvalue weighted by Crippen LogP contribution is -2.04. The van der Waals surface area contributed by atoms with Crippen molar-refractivity contribution in [1.29, 1.82) is 0 Å². The van der Waals surface area contributed by atoms with Gasteiger partial charge in [-0.15, -0.1) is 11.3 Å². The molecule has 0 aliphatic carbocycles. The van der Waals surface area contributed by atoms with E-state index < -0.39 is 5.97 Å². The van der Waals surface area contributed by atoms with Crippen LogP contribution in [-0.2, 0) is 6.61 Å². The van der Waals surface area contributed by atoms with Gasteiger partial charge >= 0.3 is 5.97 Å². The van der Waals surface area contributed by atoms with E-state index >= 15 is 0 Å². The van der Waals surface area contributed by atoms with E-state index in [4.69, 9.17) is 14.6 Å². The maximum atomic E-state index is 11.1. The van der Waals surface area contributed by atoms with Gasteiger partial charge in [0.1, 0.15) is 12.2 Å². The first kappa shape index (κ1) is 12.4. The number of nitrogens with zero attached hydrogens (tertiary/aromatic N) is 1. The van der Waals surface area contributed by atoms with Gasteiger partial charge in [-0.05, 0) is 12.1 Å². The third-order valence-electron chi connectivity index (χ3n) is 2.27. The van der Waals surface area contributed by atoms with Gasteiger partial charge in [-0.2, -0.15) is 0 Å². The Hall–Kier alpha value is -2.08. The van der Waals surface area contributed by atoms with Crippen LogP contribution in [0.4, 0.5) is 0 Å². The van der Waals surface area contributed by atoms with Gasteiger partial charge in [0.25, 0.3) is 0 Å². The van der Waals surface area contributed by atoms with Gasteiger partial charge in [0.05, 0.1) is 17.5 Å². The monoisotopic (exact) mass is 265 g/mol. The molecule has 6 heteroatoms. The zero-order valence-corrected chi connectivity index (χ0v) is 10.4. The lowest BCUT2D eigenvalue weighted by Gasteiger charge is -2.12. The second kappa shape index (κ2) is 5.50. The number of hydrogen-bond donors (Lipinski definition) is 1. The standard InChI is InChI=1S/C12H11NO4S/c1-16-10-4-2-3-9(12(14)15)11(10)17-6-8-5-13-7-18-8/h2-5,7H,6H2,1H3,(H,14,15). The fraction of sp³-hybridized carbons (Fsp3) is 0.167. The molecule has 0 aliphatic heterocycles. The lowest BCUT2D eigenvalue weighted by atomic mass is 10.2. The Bertz CT molecular complexity index is 539. The number of carbonyl (C=O) groups is 1. The first-order valence-corrected chi connectivity index (χ1v) is 6.01. The van der Waals surface area contributed by atoms with Gasteiger partial charge in [-0.3, -0.25) is 4.98 Å². The van der Waals surface area contributed by atoms with Crippen LogP contribution in [0.25, 0.3) is 0 Å². The topological polar surface area (TPSA) is 68.7 Å². The molecule has 0 bridgehead atoms. The average Bonchev–Trinajstić information content (AvgIpc) is 2.88. The highest BCUT2D eigenvalue weighted by molar-refractivity contribution is 7.09. The number of benzene rings is 1. The minimum atomic E-state index is -1.05. The molecule has 1 aromatic carbocycles. The molecule has 0 aliphatic rings. The summed E-state index contributed by atoms with van der Waals surface area (Å²) in [7, 11) is 1.47. The summed E-state index contributed by atoms with van der Waals surface area (Å²) in [5.74, 6) is -0.409. The van der Waals surface area contributed by atoms with Crippen LogP contribution >= 0.6 is 11.3 Å². The molecule has 1 aromatic heterocycles. The highest BCUT2D eigenvalue weighted by atomic mass is 32.1. The summed E-state index contributed by atoms with van der Waals surface area (Å²) < 4.78 is 10.6. The van der Waals surface area contributed by atoms with E-state index in [-0.39, 0.29) is 17.9 Å². The summed E-state index contributed by atoms with van der Waals surface area (Å²) in [6.07, 6.45) is 1.68. The predicted molar refractivity (Wildman–Crippen MR) is 66.4 cm³/mol. The predicted octanol–water partition coefficient (Wildman–Crippen LogP) is 2.43. The number of thiazole rings is 1. The van der Waals surface area contributed by atoms with Gasteiger partial charge in [-0.25, -0.2) is 4.79 Å². The summed E-state index contributed by atoms with van der Waals surface area (Å²) in [6.45, 7) is 0.269. The van der Waals surface area contributed by atoms with E-state index in [1.807, 2.05) is 0 Å². The number of hydrogen-bond acceptors (Lipinski definition) is 5. The molecule has 2 rings (SSSR count). The molecular formula is C12H11NO4S. The molecule has 1 N–H and O–H groups in total. The number of carboxylic acid groups (broad SMARTS) is 1. The molecule has 1 heterocycles. The molecule has 0 fully saturated rings. The molecule has 5 nitrogen and oxygen atoms in total. The third kappa shape index (κ3) is 2.60. The number of rotatable bonds is 5. The van der Waals surface area contributed by atoms with Crippen LogP contribution < -0.4 is 9.47 Å². The highest BCUT2D eigenvalue weighted by Crippen LogP contribution is 2.31. The first-order chi connectivity index (χ1) is 8.72. The molecular weight excluding hydrogens is 254 g/mol. The molecule has 0 saturated carbocycles. The van der Waals surface area contributed by atoms with Crippen LogP contribution in [0.3, 0.4) is 0 Å². The van der Waals surface area contributed by atoms with Crippen molar-refractivity contribution in [3.63, 3.8) is 0 Å². The summed E-state index contributed by atoms with van der Waals surface area (Å²) in [5, 5.41) is 9.10. The Balaban J connectivity index is 2.26. The number of methoxy groups -OCH3 is 1. The molecule has 0 amide bonds. The van der Waals surface area contributed by atoms with Crippen LogP contribution in [0.5, 0.6) is 11.5 Å². The quantitative estimate of drug-likeness (QED) is 0.899. The second-order valence-electron chi connectivity index (χ2n) is 3.40. The molecule has 18 heavy (non-hydrogen) atoms. The van der Waals surface area contributed by atoms with Crippen molar-refractivity contribution in [3.05, 3.63) is 40.3 Å². The van der Waals surface area contributed by atoms with E-state index in [0.717, 1.165) is 4.88 Å². The number of aromatic carboxylic acids is 1. The van der Waals surface area contributed by atoms with E-state index in [0.29, 0.717) is 5.75 Å². The molecule has 0 atom stereocenters. The molecule has 0 saturated heterocycles. The van der Waals surface area contributed by atoms with Crippen LogP contribution in [-0.4, -0.2) is 23.2 Å². The van der Waals surface area contributed by atoms with Gasteiger partial charge < -0.3 is 14.6 Å². The molecule has 0 spiro atoms. The van der Waals surface area contributed by atoms with E-state index in [1.165, 1.54) is 24.5 Å². The van der Waals surface area contributed by atoms with E-state index in [2.05, 4.69) is 4.98 Å². The van der Waals surface area contributed by atoms with Crippen molar-refractivity contribution in [2.24, 2.45) is 0 Å². The van der Waals surface area contributed by atoms with E-state index in [1.54, 1.807) is 23.8 Å². The van der Waals surface area contributed by atoms with Gasteiger partial charge in [-0.1, -0.05) is 6.07 Å². The molecule has 0 unspecified atom stereocenters. The maximum absolute atomic E-state index is 11.1. The normalized spacial score (nSPS) is 10.1. The smallest absolute Gasteiger partial charge is 0.339 e. The van der Waals surface area contributed by atoms with Crippen LogP contribution in [0.1, 0.15) is 15.2 Å². The summed E-state index contributed by atoms with van der Waals surface area (Å²) in [5.41, 5.74) is 1.78. The van der Waals surface area contributed by atoms with E-state index in [9.17, 15) is 4.79 Å². The number of para-hydroxylation sites is 1. The fourth-order valence-corrected chi connectivity index (χ4v) is 1.96. The largest absolute Gasteiger partial charge is 0.493 e. The number of carboxylic acids is 1. The summed E-state index contributed by atoms with van der Waals surface area (Å²) >= 11 is 1.45. The second-order valence-corrected chi connectivity index (χ2v) is 4.37. The molecule has 2 aromatic rings. The number of aromatic nitrogens is 1. The SMILES string of the molecule is COc1cccc(C(=O)O)c1OCc1cncs1. The van der Waals surface area contributed by atoms with Crippen molar-refractivity contribution >= 4 is 17.3 Å². The Morgan fingerprint density at radius 2 is 2.33 bits per heavy atom. The molecule has 0 radical (unpaired) electrons. The third-order valence-corrected chi connectivity index (χ3v) is 3.02. The van der Waals surface area contributed by atoms with Crippen molar-refractivity contribution in [2.45, 2.75) is 6.61 Å². The van der Waals surface area contributed by atoms with Gasteiger partial charge in [0, 0.05) is 6.20 Å². The minimum Gasteiger partial charge on any atom is -0.493 e. The first-order valence-electron chi connectivity index (χ1n) is 5.13. The average molecular weight is 265 g/mol. The van der Waals surface area contributed by atoms with Crippen LogP contribution in [0.2, 0.25) is 0 Å². The van der Waals surface area contributed by atoms with Gasteiger partial charge in [0.15, 0.2) is 11.5 Å². The Morgan fingerprint density at radius 3 is 2.94 bits per heavy atom. The Labute approximate surface area is 108 Å². The maximum Gasteiger partial charge on any atom is 0.339 e. The summed E-state index contributed by atoms with van der Waals surface area (Å²) in [6, 6.07) is 4.75. The Kier molecular flexibility index (Phi) is 3.78. The van der Waals surface area contributed by atoms with Crippen molar-refractivity contribution in [3.8, 4) is 11.5 Å². The zero-order valence-electron chi connectivity index (χ0n) is 9.62. The molecule has 94 valence electrons. The number of ether oxygens (including phenoxy) is 2. The zero-order chi connectivity index (χ0) is 13.0. The van der Waals surface area contributed by atoms with Crippen molar-refractivity contribution < 1.29 is 19.4 Å². The van der Waals surface area contributed by atoms with Crippen molar-refractivity contribution in [1.82, 2.24) is 4.98 Å². The Morgan fingerprint density at radius 1 is 1.50 bits per heavy atom. The van der Waals surface area contributed by atoms with Gasteiger partial charge in [0.2, 0.25) is 0 Å². The van der Waals surface area contributed by atoms with Crippen LogP contribution in [0.15, 0.2) is 29.9 Å². The van der Waals surface area contributed by atoms with Crippen LogP contribution in [0, 0.1) is 0 Å². The summed E-state index contributed by atoms with van der Waals surface area (Å²) in [4.78, 5) is 15.9. The minimum absolute atomic E-state index is 0.0823. The van der Waals surface area contributed by atoms with Crippen molar-refractivity contribution in [2.75, 3.05) is 7.11 Å². The highest BCUT2D eigenvalue weighted by Gasteiger charge is 2.16. The fourth-order valence-electron chi connectivity index (χ4n) is 1.45.